The molecule has 214 valence electrons. The van der Waals surface area contributed by atoms with Crippen molar-refractivity contribution in [2.75, 3.05) is 24.4 Å². The number of benzene rings is 2. The number of aryl methyl sites for hydroxylation is 1. The molecule has 1 amide bonds. The van der Waals surface area contributed by atoms with Gasteiger partial charge in [-0.25, -0.2) is 13.8 Å². The van der Waals surface area contributed by atoms with Gasteiger partial charge in [-0.15, -0.1) is 0 Å². The average molecular weight is 568 g/mol. The molecular weight excluding hydrogens is 536 g/mol. The Hall–Kier alpha value is -4.92. The predicted octanol–water partition coefficient (Wildman–Crippen LogP) is 7.27. The number of methoxy groups -OCH3 is 1. The number of rotatable bonds is 9. The van der Waals surface area contributed by atoms with Crippen LogP contribution in [0.3, 0.4) is 0 Å². The highest BCUT2D eigenvalue weighted by molar-refractivity contribution is 6.03. The number of carbonyl (C=O) groups excluding carboxylic acids is 1. The van der Waals surface area contributed by atoms with Crippen LogP contribution in [0.15, 0.2) is 85.3 Å². The predicted molar refractivity (Wildman–Crippen MR) is 161 cm³/mol. The fraction of sp³-hybridized carbons (Fsp3) is 0.212. The molecule has 0 fully saturated rings. The number of alkyl halides is 2. The highest BCUT2D eigenvalue weighted by Crippen LogP contribution is 2.30. The van der Waals surface area contributed by atoms with Crippen molar-refractivity contribution in [3.8, 4) is 16.9 Å². The van der Waals surface area contributed by atoms with Crippen molar-refractivity contribution >= 4 is 28.3 Å². The van der Waals surface area contributed by atoms with E-state index in [1.54, 1.807) is 19.4 Å². The van der Waals surface area contributed by atoms with Crippen LogP contribution in [0.2, 0.25) is 0 Å². The number of carbonyl (C=O) groups is 1. The molecular formula is C33H31F2N5O2. The lowest BCUT2D eigenvalue weighted by atomic mass is 10.00. The van der Waals surface area contributed by atoms with Crippen molar-refractivity contribution in [3.05, 3.63) is 108 Å². The van der Waals surface area contributed by atoms with E-state index in [4.69, 9.17) is 9.72 Å². The van der Waals surface area contributed by atoms with E-state index >= 15 is 0 Å². The number of aromatic nitrogens is 3. The standard InChI is InChI=1S/C33H31F2N5O2/c1-20-5-8-26(39-33(41)30-14-23(11-12-36-30)21(2)32(34)35)15-28(20)24-13-25-18-38-31(16-29(25)37-17-24)40(3)19-22-6-9-27(42-4)10-7-22/h5-18,21,32H,19H2,1-4H3,(H,39,41). The second kappa shape index (κ2) is 12.3. The van der Waals surface area contributed by atoms with Crippen LogP contribution in [0.1, 0.15) is 40.0 Å². The molecule has 3 heterocycles. The number of halogens is 2. The molecule has 0 bridgehead atoms. The van der Waals surface area contributed by atoms with Gasteiger partial charge in [0.25, 0.3) is 5.91 Å². The Labute approximate surface area is 243 Å². The van der Waals surface area contributed by atoms with Gasteiger partial charge in [0.2, 0.25) is 6.43 Å². The quantitative estimate of drug-likeness (QED) is 0.202. The zero-order chi connectivity index (χ0) is 29.8. The van der Waals surface area contributed by atoms with Crippen LogP contribution >= 0.6 is 0 Å². The lowest BCUT2D eigenvalue weighted by Crippen LogP contribution is -2.17. The number of nitrogens with zero attached hydrogens (tertiary/aromatic N) is 4. The number of pyridine rings is 3. The second-order valence-corrected chi connectivity index (χ2v) is 10.2. The van der Waals surface area contributed by atoms with E-state index in [1.807, 2.05) is 68.7 Å². The first-order chi connectivity index (χ1) is 20.2. The molecule has 2 aromatic carbocycles. The molecule has 42 heavy (non-hydrogen) atoms. The first-order valence-electron chi connectivity index (χ1n) is 13.5. The molecule has 5 rings (SSSR count). The Bertz CT molecular complexity index is 1730. The number of anilines is 2. The summed E-state index contributed by atoms with van der Waals surface area (Å²) in [6.07, 6.45) is 2.47. The van der Waals surface area contributed by atoms with Crippen molar-refractivity contribution in [1.29, 1.82) is 0 Å². The Morgan fingerprint density at radius 2 is 1.76 bits per heavy atom. The number of nitrogens with one attached hydrogen (secondary N) is 1. The van der Waals surface area contributed by atoms with Crippen molar-refractivity contribution in [3.63, 3.8) is 0 Å². The van der Waals surface area contributed by atoms with Crippen molar-refractivity contribution in [1.82, 2.24) is 15.0 Å². The molecule has 0 aliphatic heterocycles. The van der Waals surface area contributed by atoms with Gasteiger partial charge in [0.15, 0.2) is 0 Å². The van der Waals surface area contributed by atoms with E-state index in [0.29, 0.717) is 17.8 Å². The number of fused-ring (bicyclic) bond motifs is 1. The Morgan fingerprint density at radius 3 is 2.50 bits per heavy atom. The average Bonchev–Trinajstić information content (AvgIpc) is 3.01. The number of hydrogen-bond acceptors (Lipinski definition) is 6. The maximum Gasteiger partial charge on any atom is 0.274 e. The van der Waals surface area contributed by atoms with E-state index in [0.717, 1.165) is 44.7 Å². The summed E-state index contributed by atoms with van der Waals surface area (Å²) in [5.74, 6) is 0.156. The van der Waals surface area contributed by atoms with Crippen LogP contribution in [0, 0.1) is 6.92 Å². The maximum atomic E-state index is 13.2. The SMILES string of the molecule is COc1ccc(CN(C)c2cc3ncc(-c4cc(NC(=O)c5cc(C(C)C(F)F)ccn5)ccc4C)cc3cn2)cc1. The van der Waals surface area contributed by atoms with Crippen LogP contribution in [0.4, 0.5) is 20.3 Å². The van der Waals surface area contributed by atoms with Gasteiger partial charge >= 0.3 is 0 Å². The van der Waals surface area contributed by atoms with E-state index < -0.39 is 18.3 Å². The number of amides is 1. The van der Waals surface area contributed by atoms with Crippen molar-refractivity contribution < 1.29 is 18.3 Å². The molecule has 0 aliphatic rings. The summed E-state index contributed by atoms with van der Waals surface area (Å²) in [5, 5.41) is 3.73. The molecule has 1 atom stereocenters. The summed E-state index contributed by atoms with van der Waals surface area (Å²) in [6.45, 7) is 4.09. The fourth-order valence-corrected chi connectivity index (χ4v) is 4.66. The number of hydrogen-bond donors (Lipinski definition) is 1. The zero-order valence-corrected chi connectivity index (χ0v) is 23.8. The summed E-state index contributed by atoms with van der Waals surface area (Å²) in [6, 6.07) is 20.4. The lowest BCUT2D eigenvalue weighted by molar-refractivity contribution is 0.102. The third-order valence-corrected chi connectivity index (χ3v) is 7.25. The van der Waals surface area contributed by atoms with Crippen LogP contribution < -0.4 is 15.0 Å². The molecule has 1 N–H and O–H groups in total. The highest BCUT2D eigenvalue weighted by atomic mass is 19.3. The van der Waals surface area contributed by atoms with E-state index in [1.165, 1.54) is 25.3 Å². The number of ether oxygens (including phenoxy) is 1. The van der Waals surface area contributed by atoms with Crippen molar-refractivity contribution in [2.24, 2.45) is 0 Å². The summed E-state index contributed by atoms with van der Waals surface area (Å²) < 4.78 is 31.6. The third-order valence-electron chi connectivity index (χ3n) is 7.25. The molecule has 0 aliphatic carbocycles. The first-order valence-corrected chi connectivity index (χ1v) is 13.5. The Balaban J connectivity index is 1.34. The molecule has 0 saturated heterocycles. The molecule has 9 heteroatoms. The first kappa shape index (κ1) is 28.6. The van der Waals surface area contributed by atoms with Gasteiger partial charge in [0.05, 0.1) is 12.6 Å². The zero-order valence-electron chi connectivity index (χ0n) is 23.8. The van der Waals surface area contributed by atoms with Crippen LogP contribution in [-0.2, 0) is 6.54 Å². The third kappa shape index (κ3) is 6.35. The topological polar surface area (TPSA) is 80.2 Å². The van der Waals surface area contributed by atoms with Gasteiger partial charge in [-0.3, -0.25) is 14.8 Å². The van der Waals surface area contributed by atoms with Gasteiger partial charge in [-0.1, -0.05) is 25.1 Å². The molecule has 0 spiro atoms. The van der Waals surface area contributed by atoms with Gasteiger partial charge in [-0.05, 0) is 71.6 Å². The summed E-state index contributed by atoms with van der Waals surface area (Å²) in [4.78, 5) is 28.4. The fourth-order valence-electron chi connectivity index (χ4n) is 4.66. The second-order valence-electron chi connectivity index (χ2n) is 10.2. The molecule has 3 aromatic heterocycles. The van der Waals surface area contributed by atoms with E-state index in [9.17, 15) is 13.6 Å². The Morgan fingerprint density at radius 1 is 0.976 bits per heavy atom. The van der Waals surface area contributed by atoms with Crippen LogP contribution in [0.25, 0.3) is 22.0 Å². The van der Waals surface area contributed by atoms with Crippen LogP contribution in [0.5, 0.6) is 5.75 Å². The summed E-state index contributed by atoms with van der Waals surface area (Å²) in [7, 11) is 3.64. The van der Waals surface area contributed by atoms with Gasteiger partial charge in [0, 0.05) is 60.8 Å². The highest BCUT2D eigenvalue weighted by Gasteiger charge is 2.19. The van der Waals surface area contributed by atoms with Crippen LogP contribution in [-0.4, -0.2) is 41.4 Å². The van der Waals surface area contributed by atoms with Gasteiger partial charge in [0.1, 0.15) is 17.3 Å². The van der Waals surface area contributed by atoms with E-state index in [2.05, 4.69) is 20.2 Å². The minimum absolute atomic E-state index is 0.0772. The van der Waals surface area contributed by atoms with Gasteiger partial charge in [-0.2, -0.15) is 0 Å². The molecule has 0 radical (unpaired) electrons. The largest absolute Gasteiger partial charge is 0.497 e. The molecule has 1 unspecified atom stereocenters. The minimum atomic E-state index is -2.53. The van der Waals surface area contributed by atoms with E-state index in [-0.39, 0.29) is 5.69 Å². The maximum absolute atomic E-state index is 13.2. The Kier molecular flexibility index (Phi) is 8.38. The molecule has 7 nitrogen and oxygen atoms in total. The monoisotopic (exact) mass is 567 g/mol. The van der Waals surface area contributed by atoms with Gasteiger partial charge < -0.3 is 15.0 Å². The molecule has 0 saturated carbocycles. The normalized spacial score (nSPS) is 11.9. The minimum Gasteiger partial charge on any atom is -0.497 e. The molecule has 5 aromatic rings. The lowest BCUT2D eigenvalue weighted by Gasteiger charge is -2.19. The summed E-state index contributed by atoms with van der Waals surface area (Å²) in [5.41, 5.74) is 5.73. The smallest absolute Gasteiger partial charge is 0.274 e. The summed E-state index contributed by atoms with van der Waals surface area (Å²) >= 11 is 0. The van der Waals surface area contributed by atoms with Crippen molar-refractivity contribution in [2.45, 2.75) is 32.7 Å².